The van der Waals surface area contributed by atoms with Crippen LogP contribution in [0.4, 0.5) is 13.2 Å². The van der Waals surface area contributed by atoms with E-state index in [-0.39, 0.29) is 24.4 Å². The van der Waals surface area contributed by atoms with Gasteiger partial charge in [0.15, 0.2) is 0 Å². The molecule has 0 aromatic rings. The molecule has 1 aliphatic rings. The minimum absolute atomic E-state index is 0.0608. The molecule has 0 radical (unpaired) electrons. The molecule has 0 amide bonds. The van der Waals surface area contributed by atoms with Crippen molar-refractivity contribution in [2.45, 2.75) is 45.8 Å². The normalized spacial score (nSPS) is 30.6. The Balaban J connectivity index is 2.64. The molecule has 2 unspecified atom stereocenters. The van der Waals surface area contributed by atoms with Gasteiger partial charge in [0.25, 0.3) is 0 Å². The van der Waals surface area contributed by atoms with Crippen LogP contribution in [0.2, 0.25) is 0 Å². The number of piperidine rings is 1. The number of likely N-dealkylation sites (tertiary alicyclic amines) is 1. The van der Waals surface area contributed by atoms with Crippen molar-refractivity contribution >= 4 is 0 Å². The van der Waals surface area contributed by atoms with Crippen LogP contribution in [0.25, 0.3) is 0 Å². The lowest BCUT2D eigenvalue weighted by molar-refractivity contribution is -0.191. The molecular weight excluding hydrogens is 203 g/mol. The van der Waals surface area contributed by atoms with E-state index in [1.165, 1.54) is 0 Å². The van der Waals surface area contributed by atoms with Gasteiger partial charge in [0.05, 0.1) is 5.92 Å². The quantitative estimate of drug-likeness (QED) is 0.609. The van der Waals surface area contributed by atoms with Crippen LogP contribution in [0, 0.1) is 11.3 Å². The first-order chi connectivity index (χ1) is 6.62. The fraction of sp³-hybridized carbons (Fsp3) is 1.00. The molecule has 0 N–H and O–H groups in total. The zero-order chi connectivity index (χ0) is 11.9. The van der Waals surface area contributed by atoms with Crippen molar-refractivity contribution in [1.82, 2.24) is 4.90 Å². The first-order valence-electron chi connectivity index (χ1n) is 5.39. The average Bonchev–Trinajstić information content (AvgIpc) is 1.99. The van der Waals surface area contributed by atoms with Gasteiger partial charge in [-0.15, -0.1) is 0 Å². The number of rotatable bonds is 0. The summed E-state index contributed by atoms with van der Waals surface area (Å²) in [6.45, 7) is 6.40. The molecule has 1 nitrogen and oxygen atoms in total. The Labute approximate surface area is 89.6 Å². The highest BCUT2D eigenvalue weighted by atomic mass is 19.4. The molecule has 1 saturated heterocycles. The fourth-order valence-electron chi connectivity index (χ4n) is 2.51. The van der Waals surface area contributed by atoms with Crippen LogP contribution in [-0.2, 0) is 0 Å². The second-order valence-corrected chi connectivity index (χ2v) is 5.64. The highest BCUT2D eigenvalue weighted by Gasteiger charge is 2.45. The summed E-state index contributed by atoms with van der Waals surface area (Å²) in [5.74, 6) is -1.14. The van der Waals surface area contributed by atoms with Crippen molar-refractivity contribution in [2.75, 3.05) is 13.6 Å². The Morgan fingerprint density at radius 2 is 1.60 bits per heavy atom. The van der Waals surface area contributed by atoms with Gasteiger partial charge in [0, 0.05) is 12.6 Å². The van der Waals surface area contributed by atoms with Crippen molar-refractivity contribution in [3.8, 4) is 0 Å². The van der Waals surface area contributed by atoms with E-state index in [0.717, 1.165) is 0 Å². The maximum Gasteiger partial charge on any atom is 0.393 e. The maximum absolute atomic E-state index is 12.5. The summed E-state index contributed by atoms with van der Waals surface area (Å²) in [4.78, 5) is 1.86. The second-order valence-electron chi connectivity index (χ2n) is 5.64. The Morgan fingerprint density at radius 3 is 1.93 bits per heavy atom. The molecule has 90 valence electrons. The van der Waals surface area contributed by atoms with Gasteiger partial charge in [-0.3, -0.25) is 0 Å². The van der Waals surface area contributed by atoms with Crippen LogP contribution in [0.15, 0.2) is 0 Å². The Bertz CT molecular complexity index is 217. The topological polar surface area (TPSA) is 3.24 Å². The van der Waals surface area contributed by atoms with E-state index in [0.29, 0.717) is 6.42 Å². The highest BCUT2D eigenvalue weighted by molar-refractivity contribution is 4.89. The first kappa shape index (κ1) is 12.8. The summed E-state index contributed by atoms with van der Waals surface area (Å²) in [6, 6.07) is 0.260. The van der Waals surface area contributed by atoms with Crippen molar-refractivity contribution in [3.63, 3.8) is 0 Å². The minimum Gasteiger partial charge on any atom is -0.302 e. The molecule has 1 rings (SSSR count). The Kier molecular flexibility index (Phi) is 3.39. The summed E-state index contributed by atoms with van der Waals surface area (Å²) in [6.07, 6.45) is -3.11. The van der Waals surface area contributed by atoms with E-state index >= 15 is 0 Å². The van der Waals surface area contributed by atoms with E-state index in [1.54, 1.807) is 7.05 Å². The monoisotopic (exact) mass is 223 g/mol. The summed E-state index contributed by atoms with van der Waals surface area (Å²) < 4.78 is 37.5. The third-order valence-corrected chi connectivity index (χ3v) is 3.29. The molecule has 1 aliphatic heterocycles. The van der Waals surface area contributed by atoms with Crippen LogP contribution in [0.3, 0.4) is 0 Å². The summed E-state index contributed by atoms with van der Waals surface area (Å²) >= 11 is 0. The molecule has 1 fully saturated rings. The Hall–Kier alpha value is -0.250. The third-order valence-electron chi connectivity index (χ3n) is 3.29. The van der Waals surface area contributed by atoms with Gasteiger partial charge in [-0.1, -0.05) is 20.8 Å². The smallest absolute Gasteiger partial charge is 0.302 e. The van der Waals surface area contributed by atoms with Crippen LogP contribution in [0.5, 0.6) is 0 Å². The van der Waals surface area contributed by atoms with Gasteiger partial charge in [0.1, 0.15) is 0 Å². The predicted molar refractivity (Wildman–Crippen MR) is 54.7 cm³/mol. The van der Waals surface area contributed by atoms with Gasteiger partial charge >= 0.3 is 6.18 Å². The van der Waals surface area contributed by atoms with Crippen LogP contribution in [0.1, 0.15) is 33.6 Å². The van der Waals surface area contributed by atoms with Crippen molar-refractivity contribution in [2.24, 2.45) is 11.3 Å². The van der Waals surface area contributed by atoms with Crippen molar-refractivity contribution in [3.05, 3.63) is 0 Å². The number of nitrogens with zero attached hydrogens (tertiary/aromatic N) is 1. The average molecular weight is 223 g/mol. The lowest BCUT2D eigenvalue weighted by Crippen LogP contribution is -2.50. The van der Waals surface area contributed by atoms with Crippen molar-refractivity contribution in [1.29, 1.82) is 0 Å². The van der Waals surface area contributed by atoms with Gasteiger partial charge < -0.3 is 4.90 Å². The molecule has 4 heteroatoms. The zero-order valence-electron chi connectivity index (χ0n) is 9.86. The highest BCUT2D eigenvalue weighted by Crippen LogP contribution is 2.38. The molecule has 0 aliphatic carbocycles. The molecule has 0 bridgehead atoms. The van der Waals surface area contributed by atoms with E-state index in [2.05, 4.69) is 20.8 Å². The van der Waals surface area contributed by atoms with E-state index in [1.807, 2.05) is 4.90 Å². The fourth-order valence-corrected chi connectivity index (χ4v) is 2.51. The molecule has 2 atom stereocenters. The minimum atomic E-state index is -4.03. The third kappa shape index (κ3) is 3.10. The van der Waals surface area contributed by atoms with E-state index < -0.39 is 12.1 Å². The summed E-state index contributed by atoms with van der Waals surface area (Å²) in [7, 11) is 1.80. The summed E-state index contributed by atoms with van der Waals surface area (Å²) in [5.41, 5.74) is 0.0608. The zero-order valence-corrected chi connectivity index (χ0v) is 9.86. The van der Waals surface area contributed by atoms with E-state index in [9.17, 15) is 13.2 Å². The summed E-state index contributed by atoms with van der Waals surface area (Å²) in [5, 5.41) is 0. The predicted octanol–water partition coefficient (Wildman–Crippen LogP) is 3.31. The van der Waals surface area contributed by atoms with Gasteiger partial charge in [0.2, 0.25) is 0 Å². The molecule has 1 heterocycles. The number of hydrogen-bond acceptors (Lipinski definition) is 1. The van der Waals surface area contributed by atoms with E-state index in [4.69, 9.17) is 0 Å². The lowest BCUT2D eigenvalue weighted by Gasteiger charge is -2.44. The first-order valence-corrected chi connectivity index (χ1v) is 5.39. The second kappa shape index (κ2) is 3.96. The van der Waals surface area contributed by atoms with Gasteiger partial charge in [-0.2, -0.15) is 13.2 Å². The SMILES string of the molecule is CN1CC(C(F)(F)F)CCC1C(C)(C)C. The van der Waals surface area contributed by atoms with Crippen LogP contribution < -0.4 is 0 Å². The van der Waals surface area contributed by atoms with Crippen molar-refractivity contribution < 1.29 is 13.2 Å². The number of alkyl halides is 3. The van der Waals surface area contributed by atoms with Crippen LogP contribution in [-0.4, -0.2) is 30.7 Å². The number of halogens is 3. The molecule has 0 aromatic heterocycles. The molecule has 0 aromatic carbocycles. The molecule has 0 spiro atoms. The van der Waals surface area contributed by atoms with Gasteiger partial charge in [-0.05, 0) is 25.3 Å². The molecule has 0 saturated carbocycles. The largest absolute Gasteiger partial charge is 0.393 e. The molecular formula is C11H20F3N. The lowest BCUT2D eigenvalue weighted by atomic mass is 9.78. The maximum atomic E-state index is 12.5. The van der Waals surface area contributed by atoms with Gasteiger partial charge in [-0.25, -0.2) is 0 Å². The molecule has 15 heavy (non-hydrogen) atoms. The Morgan fingerprint density at radius 1 is 1.07 bits per heavy atom. The van der Waals surface area contributed by atoms with Crippen LogP contribution >= 0.6 is 0 Å². The standard InChI is InChI=1S/C11H20F3N/c1-10(2,3)9-6-5-8(7-15(9)4)11(12,13)14/h8-9H,5-7H2,1-4H3. The number of hydrogen-bond donors (Lipinski definition) is 0.